The number of rotatable bonds is 8. The van der Waals surface area contributed by atoms with Crippen LogP contribution in [0.15, 0.2) is 17.5 Å². The number of thiophene rings is 1. The Morgan fingerprint density at radius 2 is 2.19 bits per heavy atom. The third kappa shape index (κ3) is 5.13. The van der Waals surface area contributed by atoms with Crippen LogP contribution in [0.4, 0.5) is 0 Å². The first-order valence-electron chi connectivity index (χ1n) is 7.04. The van der Waals surface area contributed by atoms with Crippen LogP contribution >= 0.6 is 11.3 Å². The van der Waals surface area contributed by atoms with Crippen molar-refractivity contribution in [2.45, 2.75) is 32.7 Å². The highest BCUT2D eigenvalue weighted by Gasteiger charge is 2.26. The average Bonchev–Trinajstić information content (AvgIpc) is 2.99. The van der Waals surface area contributed by atoms with E-state index in [9.17, 15) is 14.7 Å². The zero-order valence-electron chi connectivity index (χ0n) is 12.7. The fourth-order valence-corrected chi connectivity index (χ4v) is 2.83. The maximum atomic E-state index is 12.5. The minimum absolute atomic E-state index is 0.0749. The van der Waals surface area contributed by atoms with Crippen LogP contribution < -0.4 is 0 Å². The lowest BCUT2D eigenvalue weighted by molar-refractivity contribution is -0.147. The van der Waals surface area contributed by atoms with Crippen molar-refractivity contribution >= 4 is 23.2 Å². The predicted octanol–water partition coefficient (Wildman–Crippen LogP) is 1.70. The summed E-state index contributed by atoms with van der Waals surface area (Å²) in [6.07, 6.45) is 0.933. The molecule has 0 aromatic carbocycles. The largest absolute Gasteiger partial charge is 0.469 e. The van der Waals surface area contributed by atoms with Gasteiger partial charge in [0.2, 0.25) is 5.91 Å². The number of amides is 1. The molecule has 1 aromatic rings. The second-order valence-corrected chi connectivity index (χ2v) is 6.00. The third-order valence-corrected chi connectivity index (χ3v) is 4.30. The highest BCUT2D eigenvalue weighted by atomic mass is 32.1. The molecule has 2 unspecified atom stereocenters. The Balaban J connectivity index is 2.80. The predicted molar refractivity (Wildman–Crippen MR) is 82.1 cm³/mol. The molecule has 1 heterocycles. The van der Waals surface area contributed by atoms with Crippen LogP contribution in [0.1, 0.15) is 25.1 Å². The van der Waals surface area contributed by atoms with E-state index in [4.69, 9.17) is 4.74 Å². The van der Waals surface area contributed by atoms with E-state index < -0.39 is 5.92 Å². The molecular formula is C15H23NO4S. The first kappa shape index (κ1) is 17.7. The minimum atomic E-state index is -0.414. The van der Waals surface area contributed by atoms with Gasteiger partial charge in [0.25, 0.3) is 0 Å². The number of hydrogen-bond donors (Lipinski definition) is 1. The smallest absolute Gasteiger partial charge is 0.310 e. The van der Waals surface area contributed by atoms with Gasteiger partial charge in [0.15, 0.2) is 0 Å². The zero-order valence-corrected chi connectivity index (χ0v) is 13.6. The monoisotopic (exact) mass is 313 g/mol. The van der Waals surface area contributed by atoms with Crippen molar-refractivity contribution in [2.75, 3.05) is 20.3 Å². The number of carbonyl (C=O) groups excluding carboxylic acids is 2. The molecule has 1 amide bonds. The second kappa shape index (κ2) is 8.79. The SMILES string of the molecule is CCC(CO)N(CC(C)C(=O)OC)C(=O)Cc1cccs1. The number of esters is 1. The number of aliphatic hydroxyl groups excluding tert-OH is 1. The summed E-state index contributed by atoms with van der Waals surface area (Å²) in [5.41, 5.74) is 0. The topological polar surface area (TPSA) is 66.8 Å². The molecule has 5 nitrogen and oxygen atoms in total. The summed E-state index contributed by atoms with van der Waals surface area (Å²) in [4.78, 5) is 26.6. The quantitative estimate of drug-likeness (QED) is 0.742. The van der Waals surface area contributed by atoms with Crippen LogP contribution in [-0.2, 0) is 20.7 Å². The van der Waals surface area contributed by atoms with Gasteiger partial charge in [-0.25, -0.2) is 0 Å². The molecule has 2 atom stereocenters. The van der Waals surface area contributed by atoms with Crippen LogP contribution in [-0.4, -0.2) is 48.2 Å². The third-order valence-electron chi connectivity index (χ3n) is 3.42. The van der Waals surface area contributed by atoms with Crippen LogP contribution in [0.5, 0.6) is 0 Å². The van der Waals surface area contributed by atoms with E-state index in [0.717, 1.165) is 4.88 Å². The van der Waals surface area contributed by atoms with E-state index >= 15 is 0 Å². The number of ether oxygens (including phenoxy) is 1. The summed E-state index contributed by atoms with van der Waals surface area (Å²) in [6, 6.07) is 3.53. The Morgan fingerprint density at radius 1 is 1.48 bits per heavy atom. The molecule has 0 radical (unpaired) electrons. The molecule has 0 fully saturated rings. The van der Waals surface area contributed by atoms with Crippen molar-refractivity contribution in [1.82, 2.24) is 4.90 Å². The standard InChI is InChI=1S/C15H23NO4S/c1-4-12(10-17)16(9-11(2)15(19)20-3)14(18)8-13-6-5-7-21-13/h5-7,11-12,17H,4,8-10H2,1-3H3. The van der Waals surface area contributed by atoms with Gasteiger partial charge in [0.05, 0.1) is 32.1 Å². The first-order chi connectivity index (χ1) is 10.0. The summed E-state index contributed by atoms with van der Waals surface area (Å²) in [5.74, 6) is -0.839. The maximum Gasteiger partial charge on any atom is 0.310 e. The van der Waals surface area contributed by atoms with Gasteiger partial charge in [-0.15, -0.1) is 11.3 Å². The Hall–Kier alpha value is -1.40. The van der Waals surface area contributed by atoms with Gasteiger partial charge in [-0.2, -0.15) is 0 Å². The van der Waals surface area contributed by atoms with Crippen molar-refractivity contribution < 1.29 is 19.4 Å². The average molecular weight is 313 g/mol. The molecule has 21 heavy (non-hydrogen) atoms. The molecule has 0 aliphatic carbocycles. The number of carbonyl (C=O) groups is 2. The summed E-state index contributed by atoms with van der Waals surface area (Å²) < 4.78 is 4.71. The molecule has 0 aliphatic rings. The van der Waals surface area contributed by atoms with E-state index in [-0.39, 0.29) is 31.1 Å². The van der Waals surface area contributed by atoms with Crippen molar-refractivity contribution in [2.24, 2.45) is 5.92 Å². The van der Waals surface area contributed by atoms with Crippen molar-refractivity contribution in [3.8, 4) is 0 Å². The lowest BCUT2D eigenvalue weighted by atomic mass is 10.1. The molecule has 0 bridgehead atoms. The highest BCUT2D eigenvalue weighted by Crippen LogP contribution is 2.15. The fraction of sp³-hybridized carbons (Fsp3) is 0.600. The van der Waals surface area contributed by atoms with Crippen LogP contribution in [0.25, 0.3) is 0 Å². The van der Waals surface area contributed by atoms with Crippen molar-refractivity contribution in [3.63, 3.8) is 0 Å². The van der Waals surface area contributed by atoms with Gasteiger partial charge in [-0.05, 0) is 17.9 Å². The van der Waals surface area contributed by atoms with E-state index in [1.807, 2.05) is 24.4 Å². The summed E-state index contributed by atoms with van der Waals surface area (Å²) in [7, 11) is 1.33. The number of hydrogen-bond acceptors (Lipinski definition) is 5. The van der Waals surface area contributed by atoms with Gasteiger partial charge in [-0.3, -0.25) is 9.59 Å². The molecular weight excluding hydrogens is 290 g/mol. The van der Waals surface area contributed by atoms with E-state index in [1.54, 1.807) is 11.8 Å². The van der Waals surface area contributed by atoms with Gasteiger partial charge in [0.1, 0.15) is 0 Å². The maximum absolute atomic E-state index is 12.5. The minimum Gasteiger partial charge on any atom is -0.469 e. The molecule has 6 heteroatoms. The van der Waals surface area contributed by atoms with Crippen molar-refractivity contribution in [3.05, 3.63) is 22.4 Å². The van der Waals surface area contributed by atoms with Gasteiger partial charge < -0.3 is 14.7 Å². The molecule has 0 spiro atoms. The fourth-order valence-electron chi connectivity index (χ4n) is 2.14. The highest BCUT2D eigenvalue weighted by molar-refractivity contribution is 7.10. The van der Waals surface area contributed by atoms with Gasteiger partial charge in [0, 0.05) is 11.4 Å². The molecule has 118 valence electrons. The second-order valence-electron chi connectivity index (χ2n) is 4.97. The number of aliphatic hydroxyl groups is 1. The van der Waals surface area contributed by atoms with E-state index in [2.05, 4.69) is 0 Å². The Morgan fingerprint density at radius 3 is 2.67 bits per heavy atom. The Kier molecular flexibility index (Phi) is 7.39. The Labute approximate surface area is 129 Å². The number of methoxy groups -OCH3 is 1. The number of nitrogens with zero attached hydrogens (tertiary/aromatic N) is 1. The van der Waals surface area contributed by atoms with Crippen LogP contribution in [0.2, 0.25) is 0 Å². The van der Waals surface area contributed by atoms with E-state index in [0.29, 0.717) is 12.8 Å². The molecule has 1 aromatic heterocycles. The summed E-state index contributed by atoms with van der Waals surface area (Å²) in [6.45, 7) is 3.78. The molecule has 1 rings (SSSR count). The summed E-state index contributed by atoms with van der Waals surface area (Å²) in [5, 5.41) is 11.4. The lowest BCUT2D eigenvalue weighted by Gasteiger charge is -2.31. The van der Waals surface area contributed by atoms with Crippen LogP contribution in [0.3, 0.4) is 0 Å². The van der Waals surface area contributed by atoms with Gasteiger partial charge >= 0.3 is 5.97 Å². The zero-order chi connectivity index (χ0) is 15.8. The summed E-state index contributed by atoms with van der Waals surface area (Å²) >= 11 is 1.52. The molecule has 0 saturated carbocycles. The lowest BCUT2D eigenvalue weighted by Crippen LogP contribution is -2.46. The molecule has 0 aliphatic heterocycles. The molecule has 0 saturated heterocycles. The normalized spacial score (nSPS) is 13.5. The van der Waals surface area contributed by atoms with E-state index in [1.165, 1.54) is 18.4 Å². The molecule has 1 N–H and O–H groups in total. The van der Waals surface area contributed by atoms with Crippen molar-refractivity contribution in [1.29, 1.82) is 0 Å². The van der Waals surface area contributed by atoms with Crippen LogP contribution in [0, 0.1) is 5.92 Å². The Bertz CT molecular complexity index is 443. The first-order valence-corrected chi connectivity index (χ1v) is 7.91. The van der Waals surface area contributed by atoms with Gasteiger partial charge in [-0.1, -0.05) is 19.9 Å².